The van der Waals surface area contributed by atoms with Crippen molar-refractivity contribution in [2.45, 2.75) is 13.5 Å². The van der Waals surface area contributed by atoms with E-state index in [2.05, 4.69) is 41.7 Å². The Kier molecular flexibility index (Phi) is 5.32. The van der Waals surface area contributed by atoms with Crippen LogP contribution >= 0.6 is 0 Å². The van der Waals surface area contributed by atoms with E-state index in [-0.39, 0.29) is 11.9 Å². The normalized spacial score (nSPS) is 11.0. The molecule has 0 saturated carbocycles. The number of anilines is 1. The monoisotopic (exact) mass is 335 g/mol. The largest absolute Gasteiger partial charge is 0.277 e. The smallest absolute Gasteiger partial charge is 0.273 e. The van der Waals surface area contributed by atoms with Crippen molar-refractivity contribution in [1.29, 1.82) is 0 Å². The lowest BCUT2D eigenvalue weighted by atomic mass is 10.1. The highest BCUT2D eigenvalue weighted by Crippen LogP contribution is 2.18. The maximum atomic E-state index is 4.87. The number of hydrogen-bond acceptors (Lipinski definition) is 8. The van der Waals surface area contributed by atoms with E-state index in [0.717, 1.165) is 11.1 Å². The summed E-state index contributed by atoms with van der Waals surface area (Å²) in [4.78, 5) is 21.6. The van der Waals surface area contributed by atoms with Gasteiger partial charge in [0.15, 0.2) is 5.82 Å². The average Bonchev–Trinajstić information content (AvgIpc) is 2.63. The second-order valence-corrected chi connectivity index (χ2v) is 5.21. The van der Waals surface area contributed by atoms with Gasteiger partial charge in [0.1, 0.15) is 0 Å². The molecule has 0 bridgehead atoms. The van der Waals surface area contributed by atoms with E-state index in [0.29, 0.717) is 12.4 Å². The summed E-state index contributed by atoms with van der Waals surface area (Å²) >= 11 is 0. The number of pyridine rings is 1. The van der Waals surface area contributed by atoms with Gasteiger partial charge in [-0.1, -0.05) is 29.8 Å². The zero-order valence-electron chi connectivity index (χ0n) is 13.9. The summed E-state index contributed by atoms with van der Waals surface area (Å²) in [6.45, 7) is 2.49. The number of azo groups is 1. The number of aryl methyl sites for hydroxylation is 1. The van der Waals surface area contributed by atoms with Crippen LogP contribution in [-0.2, 0) is 11.4 Å². The molecule has 25 heavy (non-hydrogen) atoms. The Balaban J connectivity index is 1.84. The van der Waals surface area contributed by atoms with E-state index in [4.69, 9.17) is 4.84 Å². The number of rotatable bonds is 6. The summed E-state index contributed by atoms with van der Waals surface area (Å²) < 4.78 is 0. The van der Waals surface area contributed by atoms with Gasteiger partial charge in [-0.25, -0.2) is 5.48 Å². The van der Waals surface area contributed by atoms with Crippen LogP contribution in [-0.4, -0.2) is 27.0 Å². The van der Waals surface area contributed by atoms with Crippen LogP contribution in [0.25, 0.3) is 11.4 Å². The Hall–Kier alpha value is -3.26. The van der Waals surface area contributed by atoms with Gasteiger partial charge >= 0.3 is 0 Å². The second kappa shape index (κ2) is 8.02. The third kappa shape index (κ3) is 4.61. The van der Waals surface area contributed by atoms with Crippen LogP contribution in [0.4, 0.5) is 11.9 Å². The van der Waals surface area contributed by atoms with Gasteiger partial charge in [0.2, 0.25) is 0 Å². The molecule has 0 aliphatic heterocycles. The molecule has 0 spiro atoms. The van der Waals surface area contributed by atoms with E-state index in [1.807, 2.05) is 25.1 Å². The molecule has 1 aromatic carbocycles. The van der Waals surface area contributed by atoms with Gasteiger partial charge in [-0.2, -0.15) is 20.1 Å². The summed E-state index contributed by atoms with van der Waals surface area (Å²) in [5.74, 6) is 0.921. The van der Waals surface area contributed by atoms with E-state index < -0.39 is 0 Å². The molecule has 2 heterocycles. The molecule has 3 aromatic rings. The predicted molar refractivity (Wildman–Crippen MR) is 93.1 cm³/mol. The Morgan fingerprint density at radius 3 is 2.68 bits per heavy atom. The van der Waals surface area contributed by atoms with Gasteiger partial charge in [-0.05, 0) is 24.6 Å². The van der Waals surface area contributed by atoms with Gasteiger partial charge in [0.05, 0.1) is 13.7 Å². The molecular weight excluding hydrogens is 318 g/mol. The number of benzene rings is 1. The third-order valence-corrected chi connectivity index (χ3v) is 3.25. The molecule has 0 amide bonds. The molecule has 0 atom stereocenters. The highest BCUT2D eigenvalue weighted by atomic mass is 16.6. The molecular formula is C17H17N7O. The zero-order valence-corrected chi connectivity index (χ0v) is 13.9. The fourth-order valence-corrected chi connectivity index (χ4v) is 2.17. The molecule has 3 rings (SSSR count). The Labute approximate surface area is 145 Å². The fourth-order valence-electron chi connectivity index (χ4n) is 2.17. The number of hydrogen-bond donors (Lipinski definition) is 1. The lowest BCUT2D eigenvalue weighted by Crippen LogP contribution is -2.03. The number of nitrogens with one attached hydrogen (secondary N) is 1. The standard InChI is InChI=1S/C17H17N7O/c1-12-4-3-5-13(10-12)11-19-23-16-20-15(14-6-8-18-9-7-14)21-17(22-16)24-25-2/h3-10H,11H2,1-2H3,(H,20,21,22,24). The van der Waals surface area contributed by atoms with Crippen molar-refractivity contribution in [3.05, 3.63) is 59.9 Å². The first-order valence-corrected chi connectivity index (χ1v) is 7.63. The Morgan fingerprint density at radius 1 is 1.08 bits per heavy atom. The molecule has 0 radical (unpaired) electrons. The summed E-state index contributed by atoms with van der Waals surface area (Å²) in [7, 11) is 1.48. The van der Waals surface area contributed by atoms with Gasteiger partial charge in [0.25, 0.3) is 11.9 Å². The van der Waals surface area contributed by atoms with Crippen LogP contribution in [0.3, 0.4) is 0 Å². The number of aromatic nitrogens is 4. The lowest BCUT2D eigenvalue weighted by molar-refractivity contribution is 0.267. The minimum atomic E-state index is 0.203. The summed E-state index contributed by atoms with van der Waals surface area (Å²) in [5, 5.41) is 8.29. The van der Waals surface area contributed by atoms with Crippen molar-refractivity contribution < 1.29 is 4.84 Å². The Bertz CT molecular complexity index is 868. The second-order valence-electron chi connectivity index (χ2n) is 5.21. The summed E-state index contributed by atoms with van der Waals surface area (Å²) in [6.07, 6.45) is 3.34. The van der Waals surface area contributed by atoms with Gasteiger partial charge in [0, 0.05) is 18.0 Å². The molecule has 0 fully saturated rings. The third-order valence-electron chi connectivity index (χ3n) is 3.25. The molecule has 2 aromatic heterocycles. The molecule has 0 aliphatic rings. The molecule has 126 valence electrons. The van der Waals surface area contributed by atoms with Crippen LogP contribution in [0.1, 0.15) is 11.1 Å². The summed E-state index contributed by atoms with van der Waals surface area (Å²) in [6, 6.07) is 11.7. The van der Waals surface area contributed by atoms with E-state index in [9.17, 15) is 0 Å². The van der Waals surface area contributed by atoms with Crippen molar-refractivity contribution in [3.63, 3.8) is 0 Å². The maximum Gasteiger partial charge on any atom is 0.273 e. The average molecular weight is 335 g/mol. The molecule has 0 aliphatic carbocycles. The lowest BCUT2D eigenvalue weighted by Gasteiger charge is -2.05. The maximum absolute atomic E-state index is 4.87. The minimum absolute atomic E-state index is 0.203. The van der Waals surface area contributed by atoms with Crippen molar-refractivity contribution in [3.8, 4) is 11.4 Å². The quantitative estimate of drug-likeness (QED) is 0.547. The summed E-state index contributed by atoms with van der Waals surface area (Å²) in [5.41, 5.74) is 5.64. The van der Waals surface area contributed by atoms with Crippen LogP contribution < -0.4 is 5.48 Å². The fraction of sp³-hybridized carbons (Fsp3) is 0.176. The first kappa shape index (κ1) is 16.6. The van der Waals surface area contributed by atoms with Crippen molar-refractivity contribution in [2.75, 3.05) is 12.6 Å². The van der Waals surface area contributed by atoms with Crippen molar-refractivity contribution in [2.24, 2.45) is 10.2 Å². The van der Waals surface area contributed by atoms with Gasteiger partial charge in [-0.3, -0.25) is 9.82 Å². The van der Waals surface area contributed by atoms with Crippen LogP contribution in [0.2, 0.25) is 0 Å². The van der Waals surface area contributed by atoms with Crippen LogP contribution in [0, 0.1) is 6.92 Å². The molecule has 8 nitrogen and oxygen atoms in total. The first-order chi connectivity index (χ1) is 12.2. The highest BCUT2D eigenvalue weighted by Gasteiger charge is 2.08. The van der Waals surface area contributed by atoms with Crippen molar-refractivity contribution >= 4 is 11.9 Å². The van der Waals surface area contributed by atoms with Crippen LogP contribution in [0.5, 0.6) is 0 Å². The molecule has 1 N–H and O–H groups in total. The topological polar surface area (TPSA) is 97.5 Å². The van der Waals surface area contributed by atoms with Gasteiger partial charge < -0.3 is 0 Å². The number of nitrogens with zero attached hydrogens (tertiary/aromatic N) is 6. The predicted octanol–water partition coefficient (Wildman–Crippen LogP) is 3.50. The highest BCUT2D eigenvalue weighted by molar-refractivity contribution is 5.56. The first-order valence-electron chi connectivity index (χ1n) is 7.63. The molecule has 8 heteroatoms. The Morgan fingerprint density at radius 2 is 1.92 bits per heavy atom. The SMILES string of the molecule is CONc1nc(N=NCc2cccc(C)c2)nc(-c2ccncc2)n1. The van der Waals surface area contributed by atoms with E-state index in [1.165, 1.54) is 12.7 Å². The molecule has 0 saturated heterocycles. The minimum Gasteiger partial charge on any atom is -0.277 e. The van der Waals surface area contributed by atoms with E-state index in [1.54, 1.807) is 24.5 Å². The van der Waals surface area contributed by atoms with Crippen LogP contribution in [0.15, 0.2) is 59.0 Å². The van der Waals surface area contributed by atoms with Gasteiger partial charge in [-0.15, -0.1) is 5.11 Å². The van der Waals surface area contributed by atoms with Crippen molar-refractivity contribution in [1.82, 2.24) is 19.9 Å². The molecule has 0 unspecified atom stereocenters. The zero-order chi connectivity index (χ0) is 17.5. The van der Waals surface area contributed by atoms with E-state index >= 15 is 0 Å².